The Hall–Kier alpha value is -3.82. The second kappa shape index (κ2) is 7.54. The summed E-state index contributed by atoms with van der Waals surface area (Å²) in [5.41, 5.74) is 2.36. The number of aryl methyl sites for hydroxylation is 2. The monoisotopic (exact) mass is 414 g/mol. The van der Waals surface area contributed by atoms with Crippen molar-refractivity contribution < 1.29 is 17.9 Å². The number of nitrogens with one attached hydrogen (secondary N) is 1. The fourth-order valence-electron chi connectivity index (χ4n) is 2.96. The number of nitrogens with zero attached hydrogens (tertiary/aromatic N) is 5. The molecule has 0 saturated carbocycles. The molecule has 4 rings (SSSR count). The molecule has 0 unspecified atom stereocenters. The molecular formula is C20H17F3N6O. The normalized spacial score (nSPS) is 11.0. The van der Waals surface area contributed by atoms with Gasteiger partial charge in [0.25, 0.3) is 0 Å². The van der Waals surface area contributed by atoms with Gasteiger partial charge in [-0.2, -0.15) is 4.98 Å². The van der Waals surface area contributed by atoms with Gasteiger partial charge in [-0.1, -0.05) is 0 Å². The summed E-state index contributed by atoms with van der Waals surface area (Å²) in [6.07, 6.45) is 3.56. The van der Waals surface area contributed by atoms with E-state index in [4.69, 9.17) is 4.74 Å². The van der Waals surface area contributed by atoms with E-state index in [0.29, 0.717) is 17.1 Å². The van der Waals surface area contributed by atoms with Crippen molar-refractivity contribution in [2.24, 2.45) is 7.05 Å². The highest BCUT2D eigenvalue weighted by atomic mass is 19.2. The minimum atomic E-state index is -1.53. The Bertz CT molecular complexity index is 1210. The lowest BCUT2D eigenvalue weighted by molar-refractivity contribution is 0.413. The Morgan fingerprint density at radius 2 is 1.80 bits per heavy atom. The second-order valence-corrected chi connectivity index (χ2v) is 6.57. The molecule has 0 atom stereocenters. The van der Waals surface area contributed by atoms with Crippen molar-refractivity contribution in [3.8, 4) is 22.8 Å². The predicted octanol–water partition coefficient (Wildman–Crippen LogP) is 4.15. The summed E-state index contributed by atoms with van der Waals surface area (Å²) in [4.78, 5) is 8.58. The van der Waals surface area contributed by atoms with Gasteiger partial charge in [-0.3, -0.25) is 0 Å². The smallest absolute Gasteiger partial charge is 0.225 e. The molecule has 30 heavy (non-hydrogen) atoms. The van der Waals surface area contributed by atoms with E-state index in [9.17, 15) is 13.2 Å². The zero-order valence-corrected chi connectivity index (χ0v) is 16.3. The molecule has 7 nitrogen and oxygen atoms in total. The molecule has 0 aliphatic carbocycles. The standard InChI is InChI=1S/C20H17F3N6O/c1-11-9-29(10-24-11)16-5-4-12(6-17(16)30-3)19-26-20(28(2)27-19)25-13-7-14(21)18(23)15(22)8-13/h4-10H,1-3H3,(H,25,26,27). The summed E-state index contributed by atoms with van der Waals surface area (Å²) in [7, 11) is 3.18. The molecule has 0 saturated heterocycles. The third-order valence-electron chi connectivity index (χ3n) is 4.43. The SMILES string of the molecule is COc1cc(-c2nc(Nc3cc(F)c(F)c(F)c3)n(C)n2)ccc1-n1cnc(C)c1. The lowest BCUT2D eigenvalue weighted by atomic mass is 10.1. The molecule has 2 aromatic carbocycles. The van der Waals surface area contributed by atoms with Crippen LogP contribution in [0.15, 0.2) is 42.9 Å². The van der Waals surface area contributed by atoms with Crippen LogP contribution in [0.3, 0.4) is 0 Å². The van der Waals surface area contributed by atoms with Crippen LogP contribution in [0, 0.1) is 24.4 Å². The van der Waals surface area contributed by atoms with Gasteiger partial charge in [0, 0.05) is 36.6 Å². The van der Waals surface area contributed by atoms with E-state index >= 15 is 0 Å². The average molecular weight is 414 g/mol. The average Bonchev–Trinajstić information content (AvgIpc) is 3.31. The topological polar surface area (TPSA) is 69.8 Å². The number of benzene rings is 2. The van der Waals surface area contributed by atoms with Gasteiger partial charge in [-0.15, -0.1) is 5.10 Å². The van der Waals surface area contributed by atoms with E-state index in [0.717, 1.165) is 23.5 Å². The molecule has 2 aromatic heterocycles. The third kappa shape index (κ3) is 3.59. The van der Waals surface area contributed by atoms with Gasteiger partial charge in [-0.25, -0.2) is 22.8 Å². The van der Waals surface area contributed by atoms with Crippen molar-refractivity contribution in [2.45, 2.75) is 6.92 Å². The summed E-state index contributed by atoms with van der Waals surface area (Å²) in [5, 5.41) is 7.07. The number of anilines is 2. The van der Waals surface area contributed by atoms with Crippen LogP contribution >= 0.6 is 0 Å². The quantitative estimate of drug-likeness (QED) is 0.497. The molecule has 4 aromatic rings. The number of imidazole rings is 1. The lowest BCUT2D eigenvalue weighted by Gasteiger charge is -2.10. The highest BCUT2D eigenvalue weighted by Crippen LogP contribution is 2.29. The fraction of sp³-hybridized carbons (Fsp3) is 0.150. The number of halogens is 3. The first-order valence-corrected chi connectivity index (χ1v) is 8.87. The molecule has 2 heterocycles. The number of hydrogen-bond donors (Lipinski definition) is 1. The van der Waals surface area contributed by atoms with E-state index in [1.165, 1.54) is 4.68 Å². The molecule has 0 bridgehead atoms. The molecule has 0 aliphatic rings. The van der Waals surface area contributed by atoms with Crippen LogP contribution in [-0.4, -0.2) is 31.4 Å². The highest BCUT2D eigenvalue weighted by molar-refractivity contribution is 5.65. The predicted molar refractivity (Wildman–Crippen MR) is 104 cm³/mol. The maximum Gasteiger partial charge on any atom is 0.225 e. The zero-order valence-electron chi connectivity index (χ0n) is 16.3. The maximum atomic E-state index is 13.5. The van der Waals surface area contributed by atoms with Crippen molar-refractivity contribution in [2.75, 3.05) is 12.4 Å². The molecule has 0 fully saturated rings. The van der Waals surface area contributed by atoms with Crippen molar-refractivity contribution in [1.82, 2.24) is 24.3 Å². The number of hydrogen-bond acceptors (Lipinski definition) is 5. The minimum Gasteiger partial charge on any atom is -0.495 e. The van der Waals surface area contributed by atoms with Crippen LogP contribution < -0.4 is 10.1 Å². The van der Waals surface area contributed by atoms with E-state index in [1.807, 2.05) is 29.8 Å². The van der Waals surface area contributed by atoms with Crippen molar-refractivity contribution in [3.05, 3.63) is 66.0 Å². The zero-order chi connectivity index (χ0) is 21.4. The maximum absolute atomic E-state index is 13.5. The summed E-state index contributed by atoms with van der Waals surface area (Å²) in [6.45, 7) is 1.89. The Morgan fingerprint density at radius 3 is 2.43 bits per heavy atom. The largest absolute Gasteiger partial charge is 0.495 e. The summed E-state index contributed by atoms with van der Waals surface area (Å²) < 4.78 is 48.8. The number of methoxy groups -OCH3 is 1. The van der Waals surface area contributed by atoms with Crippen LogP contribution in [0.4, 0.5) is 24.8 Å². The second-order valence-electron chi connectivity index (χ2n) is 6.57. The molecule has 0 radical (unpaired) electrons. The Labute approximate surface area is 169 Å². The van der Waals surface area contributed by atoms with Crippen LogP contribution in [0.1, 0.15) is 5.69 Å². The van der Waals surface area contributed by atoms with Gasteiger partial charge in [0.05, 0.1) is 24.8 Å². The van der Waals surface area contributed by atoms with E-state index < -0.39 is 17.5 Å². The molecular weight excluding hydrogens is 397 g/mol. The number of rotatable bonds is 5. The van der Waals surface area contributed by atoms with E-state index in [2.05, 4.69) is 20.4 Å². The van der Waals surface area contributed by atoms with Crippen LogP contribution in [0.2, 0.25) is 0 Å². The first kappa shape index (κ1) is 19.5. The van der Waals surface area contributed by atoms with Crippen LogP contribution in [0.25, 0.3) is 17.1 Å². The molecule has 1 N–H and O–H groups in total. The van der Waals surface area contributed by atoms with Gasteiger partial charge < -0.3 is 14.6 Å². The summed E-state index contributed by atoms with van der Waals surface area (Å²) in [6, 6.07) is 7.14. The molecule has 0 spiro atoms. The summed E-state index contributed by atoms with van der Waals surface area (Å²) >= 11 is 0. The Balaban J connectivity index is 1.66. The Morgan fingerprint density at radius 1 is 1.07 bits per heavy atom. The van der Waals surface area contributed by atoms with Crippen molar-refractivity contribution in [3.63, 3.8) is 0 Å². The molecule has 10 heteroatoms. The highest BCUT2D eigenvalue weighted by Gasteiger charge is 2.15. The molecule has 0 amide bonds. The minimum absolute atomic E-state index is 0.0110. The number of ether oxygens (including phenoxy) is 1. The first-order chi connectivity index (χ1) is 14.4. The third-order valence-corrected chi connectivity index (χ3v) is 4.43. The van der Waals surface area contributed by atoms with E-state index in [1.54, 1.807) is 26.6 Å². The van der Waals surface area contributed by atoms with Crippen LogP contribution in [-0.2, 0) is 7.05 Å². The van der Waals surface area contributed by atoms with Gasteiger partial charge >= 0.3 is 0 Å². The lowest BCUT2D eigenvalue weighted by Crippen LogP contribution is -2.02. The van der Waals surface area contributed by atoms with Crippen molar-refractivity contribution in [1.29, 1.82) is 0 Å². The molecule has 154 valence electrons. The van der Waals surface area contributed by atoms with E-state index in [-0.39, 0.29) is 11.6 Å². The first-order valence-electron chi connectivity index (χ1n) is 8.87. The Kier molecular flexibility index (Phi) is 4.90. The van der Waals surface area contributed by atoms with Crippen LogP contribution in [0.5, 0.6) is 5.75 Å². The van der Waals surface area contributed by atoms with Gasteiger partial charge in [0.1, 0.15) is 5.75 Å². The summed E-state index contributed by atoms with van der Waals surface area (Å²) in [5.74, 6) is -2.93. The van der Waals surface area contributed by atoms with Gasteiger partial charge in [0.15, 0.2) is 23.3 Å². The van der Waals surface area contributed by atoms with Gasteiger partial charge in [0.2, 0.25) is 5.95 Å². The van der Waals surface area contributed by atoms with Gasteiger partial charge in [-0.05, 0) is 25.1 Å². The fourth-order valence-corrected chi connectivity index (χ4v) is 2.96. The molecule has 0 aliphatic heterocycles. The number of aromatic nitrogens is 5. The van der Waals surface area contributed by atoms with Crippen molar-refractivity contribution >= 4 is 11.6 Å².